The molecule has 0 fully saturated rings. The first-order valence-corrected chi connectivity index (χ1v) is 8.75. The monoisotopic (exact) mass is 350 g/mol. The third-order valence-electron chi connectivity index (χ3n) is 4.23. The maximum absolute atomic E-state index is 12.5. The van der Waals surface area contributed by atoms with Crippen LogP contribution in [0.25, 0.3) is 6.08 Å². The number of ether oxygens (including phenoxy) is 2. The van der Waals surface area contributed by atoms with Gasteiger partial charge in [-0.3, -0.25) is 9.59 Å². The molecule has 0 saturated heterocycles. The first-order valence-electron chi connectivity index (χ1n) is 8.75. The highest BCUT2D eigenvalue weighted by Gasteiger charge is 2.28. The number of fused-ring (bicyclic) bond motifs is 1. The molecule has 2 aromatic carbocycles. The van der Waals surface area contributed by atoms with Gasteiger partial charge in [0, 0.05) is 6.07 Å². The predicted molar refractivity (Wildman–Crippen MR) is 100 cm³/mol. The summed E-state index contributed by atoms with van der Waals surface area (Å²) in [6, 6.07) is 12.9. The Balaban J connectivity index is 1.81. The molecule has 0 radical (unpaired) electrons. The molecule has 0 unspecified atom stereocenters. The number of allylic oxidation sites excluding steroid dienone is 1. The van der Waals surface area contributed by atoms with E-state index in [1.165, 1.54) is 5.56 Å². The number of ketones is 1. The molecule has 1 aliphatic rings. The van der Waals surface area contributed by atoms with Crippen molar-refractivity contribution in [2.75, 3.05) is 0 Å². The Hall–Kier alpha value is -2.88. The molecule has 3 rings (SSSR count). The van der Waals surface area contributed by atoms with Crippen molar-refractivity contribution in [3.05, 3.63) is 64.9 Å². The Labute approximate surface area is 153 Å². The zero-order chi connectivity index (χ0) is 18.8. The molecule has 0 spiro atoms. The summed E-state index contributed by atoms with van der Waals surface area (Å²) in [6.07, 6.45) is 1.73. The topological polar surface area (TPSA) is 52.6 Å². The number of rotatable bonds is 4. The Bertz CT molecular complexity index is 874. The lowest BCUT2D eigenvalue weighted by Crippen LogP contribution is -2.14. The molecule has 0 aromatic heterocycles. The number of hydrogen-bond donors (Lipinski definition) is 0. The molecule has 0 saturated carbocycles. The van der Waals surface area contributed by atoms with Crippen LogP contribution in [-0.2, 0) is 4.79 Å². The number of esters is 1. The lowest BCUT2D eigenvalue weighted by atomic mass is 10.0. The smallest absolute Gasteiger partial charge is 0.313 e. The second-order valence-corrected chi connectivity index (χ2v) is 6.99. The number of carbonyl (C=O) groups is 2. The van der Waals surface area contributed by atoms with Gasteiger partial charge in [0.2, 0.25) is 5.78 Å². The van der Waals surface area contributed by atoms with Gasteiger partial charge in [-0.2, -0.15) is 0 Å². The van der Waals surface area contributed by atoms with Crippen molar-refractivity contribution in [3.8, 4) is 11.5 Å². The van der Waals surface area contributed by atoms with Crippen LogP contribution in [0.2, 0.25) is 0 Å². The van der Waals surface area contributed by atoms with Gasteiger partial charge in [0.15, 0.2) is 5.76 Å². The summed E-state index contributed by atoms with van der Waals surface area (Å²) in [5, 5.41) is 0. The van der Waals surface area contributed by atoms with E-state index < -0.39 is 0 Å². The zero-order valence-electron chi connectivity index (χ0n) is 15.4. The highest BCUT2D eigenvalue weighted by molar-refractivity contribution is 6.14. The van der Waals surface area contributed by atoms with Crippen LogP contribution >= 0.6 is 0 Å². The van der Waals surface area contributed by atoms with Crippen molar-refractivity contribution >= 4 is 17.8 Å². The molecular formula is C22H22O4. The highest BCUT2D eigenvalue weighted by atomic mass is 16.5. The van der Waals surface area contributed by atoms with Crippen LogP contribution in [0.5, 0.6) is 11.5 Å². The molecular weight excluding hydrogens is 328 g/mol. The molecule has 26 heavy (non-hydrogen) atoms. The van der Waals surface area contributed by atoms with Crippen LogP contribution in [0.4, 0.5) is 0 Å². The van der Waals surface area contributed by atoms with Crippen molar-refractivity contribution in [1.29, 1.82) is 0 Å². The maximum Gasteiger partial charge on any atom is 0.313 e. The normalized spacial score (nSPS) is 14.7. The average molecular weight is 350 g/mol. The Kier molecular flexibility index (Phi) is 4.94. The Morgan fingerprint density at radius 2 is 1.73 bits per heavy atom. The van der Waals surface area contributed by atoms with Gasteiger partial charge in [-0.1, -0.05) is 52.0 Å². The summed E-state index contributed by atoms with van der Waals surface area (Å²) < 4.78 is 11.0. The molecule has 0 bridgehead atoms. The van der Waals surface area contributed by atoms with Crippen LogP contribution in [0.1, 0.15) is 55.1 Å². The molecule has 4 heteroatoms. The fourth-order valence-corrected chi connectivity index (χ4v) is 2.59. The lowest BCUT2D eigenvalue weighted by molar-refractivity contribution is -0.137. The summed E-state index contributed by atoms with van der Waals surface area (Å²) in [6.45, 7) is 7.80. The predicted octanol–water partition coefficient (Wildman–Crippen LogP) is 4.99. The van der Waals surface area contributed by atoms with Crippen molar-refractivity contribution in [2.24, 2.45) is 5.92 Å². The molecule has 2 aromatic rings. The van der Waals surface area contributed by atoms with Crippen LogP contribution in [-0.4, -0.2) is 11.8 Å². The van der Waals surface area contributed by atoms with E-state index in [-0.39, 0.29) is 23.4 Å². The van der Waals surface area contributed by atoms with Gasteiger partial charge in [-0.25, -0.2) is 0 Å². The molecule has 134 valence electrons. The fourth-order valence-electron chi connectivity index (χ4n) is 2.59. The minimum atomic E-state index is -0.324. The molecule has 0 atom stereocenters. The SMILES string of the molecule is CC(C)C(=O)Oc1ccc2c(c1)O/C(=C/c1ccc(C(C)C)cc1)C2=O. The third kappa shape index (κ3) is 3.69. The lowest BCUT2D eigenvalue weighted by Gasteiger charge is -2.07. The largest absolute Gasteiger partial charge is 0.452 e. The third-order valence-corrected chi connectivity index (χ3v) is 4.23. The van der Waals surface area contributed by atoms with Crippen LogP contribution in [0.3, 0.4) is 0 Å². The second kappa shape index (κ2) is 7.16. The second-order valence-electron chi connectivity index (χ2n) is 6.99. The molecule has 0 N–H and O–H groups in total. The van der Waals surface area contributed by atoms with Gasteiger partial charge in [-0.05, 0) is 35.3 Å². The van der Waals surface area contributed by atoms with Crippen LogP contribution < -0.4 is 9.47 Å². The first-order chi connectivity index (χ1) is 12.3. The quantitative estimate of drug-likeness (QED) is 0.443. The van der Waals surface area contributed by atoms with E-state index in [9.17, 15) is 9.59 Å². The summed E-state index contributed by atoms with van der Waals surface area (Å²) in [4.78, 5) is 24.2. The van der Waals surface area contributed by atoms with E-state index in [4.69, 9.17) is 9.47 Å². The van der Waals surface area contributed by atoms with Crippen molar-refractivity contribution in [1.82, 2.24) is 0 Å². The van der Waals surface area contributed by atoms with E-state index in [1.807, 2.05) is 24.3 Å². The van der Waals surface area contributed by atoms with Gasteiger partial charge in [-0.15, -0.1) is 0 Å². The minimum absolute atomic E-state index is 0.172. The van der Waals surface area contributed by atoms with Crippen molar-refractivity contribution < 1.29 is 19.1 Å². The number of carbonyl (C=O) groups excluding carboxylic acids is 2. The maximum atomic E-state index is 12.5. The number of benzene rings is 2. The first kappa shape index (κ1) is 17.9. The number of hydrogen-bond acceptors (Lipinski definition) is 4. The zero-order valence-corrected chi connectivity index (χ0v) is 15.4. The van der Waals surface area contributed by atoms with Crippen molar-refractivity contribution in [3.63, 3.8) is 0 Å². The van der Waals surface area contributed by atoms with E-state index in [1.54, 1.807) is 38.1 Å². The summed E-state index contributed by atoms with van der Waals surface area (Å²) in [5.74, 6) is 0.786. The molecule has 0 amide bonds. The van der Waals surface area contributed by atoms with Gasteiger partial charge < -0.3 is 9.47 Å². The van der Waals surface area contributed by atoms with Gasteiger partial charge in [0.1, 0.15) is 11.5 Å². The highest BCUT2D eigenvalue weighted by Crippen LogP contribution is 2.35. The number of Topliss-reactive ketones (excluding diaryl/α,β-unsaturated/α-hetero) is 1. The molecule has 1 aliphatic heterocycles. The minimum Gasteiger partial charge on any atom is -0.452 e. The molecule has 4 nitrogen and oxygen atoms in total. The van der Waals surface area contributed by atoms with Gasteiger partial charge in [0.05, 0.1) is 11.5 Å². The summed E-state index contributed by atoms with van der Waals surface area (Å²) >= 11 is 0. The van der Waals surface area contributed by atoms with E-state index in [0.29, 0.717) is 23.0 Å². The van der Waals surface area contributed by atoms with Crippen molar-refractivity contribution in [2.45, 2.75) is 33.6 Å². The Morgan fingerprint density at radius 3 is 2.35 bits per heavy atom. The van der Waals surface area contributed by atoms with E-state index >= 15 is 0 Å². The van der Waals surface area contributed by atoms with E-state index in [2.05, 4.69) is 13.8 Å². The average Bonchev–Trinajstić information content (AvgIpc) is 2.90. The van der Waals surface area contributed by atoms with Crippen LogP contribution in [0.15, 0.2) is 48.2 Å². The van der Waals surface area contributed by atoms with Gasteiger partial charge in [0.25, 0.3) is 0 Å². The standard InChI is InChI=1S/C22H22O4/c1-13(2)16-7-5-15(6-8-16)11-20-21(23)18-10-9-17(12-19(18)26-20)25-22(24)14(3)4/h5-14H,1-4H3/b20-11+. The molecule has 0 aliphatic carbocycles. The van der Waals surface area contributed by atoms with E-state index in [0.717, 1.165) is 5.56 Å². The van der Waals surface area contributed by atoms with Crippen LogP contribution in [0, 0.1) is 5.92 Å². The molecule has 1 heterocycles. The summed E-state index contributed by atoms with van der Waals surface area (Å²) in [5.41, 5.74) is 2.61. The summed E-state index contributed by atoms with van der Waals surface area (Å²) in [7, 11) is 0. The Morgan fingerprint density at radius 1 is 1.04 bits per heavy atom. The fraction of sp³-hybridized carbons (Fsp3) is 0.273. The van der Waals surface area contributed by atoms with Gasteiger partial charge >= 0.3 is 5.97 Å².